The number of piperidine rings is 1. The zero-order valence-electron chi connectivity index (χ0n) is 14.5. The van der Waals surface area contributed by atoms with Crippen molar-refractivity contribution < 1.29 is 19.1 Å². The molecule has 6 nitrogen and oxygen atoms in total. The van der Waals surface area contributed by atoms with Gasteiger partial charge in [-0.05, 0) is 25.8 Å². The van der Waals surface area contributed by atoms with Crippen LogP contribution in [0.5, 0.6) is 0 Å². The lowest BCUT2D eigenvalue weighted by atomic mass is 9.95. The molecule has 1 aliphatic heterocycles. The van der Waals surface area contributed by atoms with Crippen molar-refractivity contribution in [2.24, 2.45) is 5.92 Å². The number of carbonyl (C=O) groups excluding carboxylic acids is 2. The van der Waals surface area contributed by atoms with Crippen LogP contribution >= 0.6 is 0 Å². The van der Waals surface area contributed by atoms with Crippen LogP contribution in [0.15, 0.2) is 30.5 Å². The Balaban J connectivity index is 1.97. The smallest absolute Gasteiger partial charge is 0.341 e. The average Bonchev–Trinajstić information content (AvgIpc) is 2.66. The van der Waals surface area contributed by atoms with Gasteiger partial charge in [0.25, 0.3) is 0 Å². The molecule has 1 aliphatic rings. The number of hydrogen-bond acceptors (Lipinski definition) is 6. The first kappa shape index (κ1) is 17.2. The minimum atomic E-state index is -0.370. The van der Waals surface area contributed by atoms with Gasteiger partial charge in [0, 0.05) is 24.7 Å². The van der Waals surface area contributed by atoms with E-state index in [1.165, 1.54) is 7.11 Å². The molecule has 0 unspecified atom stereocenters. The molecule has 6 heteroatoms. The quantitative estimate of drug-likeness (QED) is 0.796. The highest BCUT2D eigenvalue weighted by Gasteiger charge is 2.29. The number of rotatable bonds is 4. The maximum Gasteiger partial charge on any atom is 0.341 e. The molecule has 0 N–H and O–H groups in total. The van der Waals surface area contributed by atoms with Gasteiger partial charge in [-0.25, -0.2) is 4.79 Å². The van der Waals surface area contributed by atoms with Crippen molar-refractivity contribution in [3.05, 3.63) is 36.0 Å². The topological polar surface area (TPSA) is 68.7 Å². The fourth-order valence-corrected chi connectivity index (χ4v) is 3.33. The number of hydrogen-bond donors (Lipinski definition) is 0. The SMILES string of the molecule is CCOC(=O)c1cnc2ccccc2c1N1CCC(C(=O)OC)CC1. The van der Waals surface area contributed by atoms with Crippen molar-refractivity contribution in [2.45, 2.75) is 19.8 Å². The first-order valence-electron chi connectivity index (χ1n) is 8.53. The summed E-state index contributed by atoms with van der Waals surface area (Å²) in [5.41, 5.74) is 2.14. The van der Waals surface area contributed by atoms with Crippen molar-refractivity contribution in [2.75, 3.05) is 31.7 Å². The van der Waals surface area contributed by atoms with Crippen LogP contribution in [-0.2, 0) is 14.3 Å². The number of nitrogens with zero attached hydrogens (tertiary/aromatic N) is 2. The van der Waals surface area contributed by atoms with Gasteiger partial charge in [-0.2, -0.15) is 0 Å². The second kappa shape index (κ2) is 7.51. The summed E-state index contributed by atoms with van der Waals surface area (Å²) < 4.78 is 10.1. The molecule has 0 amide bonds. The van der Waals surface area contributed by atoms with Crippen LogP contribution in [0.2, 0.25) is 0 Å². The summed E-state index contributed by atoms with van der Waals surface area (Å²) in [5, 5.41) is 0.921. The van der Waals surface area contributed by atoms with Crippen LogP contribution in [0.3, 0.4) is 0 Å². The predicted octanol–water partition coefficient (Wildman–Crippen LogP) is 2.80. The van der Waals surface area contributed by atoms with Gasteiger partial charge in [0.1, 0.15) is 5.56 Å². The molecule has 3 rings (SSSR count). The van der Waals surface area contributed by atoms with E-state index in [-0.39, 0.29) is 17.9 Å². The van der Waals surface area contributed by atoms with Crippen LogP contribution in [0.4, 0.5) is 5.69 Å². The van der Waals surface area contributed by atoms with Gasteiger partial charge in [-0.15, -0.1) is 0 Å². The third kappa shape index (κ3) is 3.43. The molecule has 1 aromatic carbocycles. The van der Waals surface area contributed by atoms with E-state index >= 15 is 0 Å². The highest BCUT2D eigenvalue weighted by Crippen LogP contribution is 2.33. The fourth-order valence-electron chi connectivity index (χ4n) is 3.33. The molecule has 0 spiro atoms. The minimum Gasteiger partial charge on any atom is -0.469 e. The monoisotopic (exact) mass is 342 g/mol. The molecule has 2 aromatic rings. The third-order valence-corrected chi connectivity index (χ3v) is 4.59. The van der Waals surface area contributed by atoms with Gasteiger partial charge in [-0.3, -0.25) is 9.78 Å². The van der Waals surface area contributed by atoms with Crippen molar-refractivity contribution in [1.82, 2.24) is 4.98 Å². The number of para-hydroxylation sites is 1. The Kier molecular flexibility index (Phi) is 5.16. The number of ether oxygens (including phenoxy) is 2. The molecule has 25 heavy (non-hydrogen) atoms. The van der Waals surface area contributed by atoms with E-state index in [2.05, 4.69) is 9.88 Å². The second-order valence-corrected chi connectivity index (χ2v) is 6.04. The zero-order chi connectivity index (χ0) is 17.8. The first-order valence-corrected chi connectivity index (χ1v) is 8.53. The Morgan fingerprint density at radius 2 is 1.96 bits per heavy atom. The standard InChI is InChI=1S/C19H22N2O4/c1-3-25-19(23)15-12-20-16-7-5-4-6-14(16)17(15)21-10-8-13(9-11-21)18(22)24-2/h4-7,12-13H,3,8-11H2,1-2H3. The zero-order valence-corrected chi connectivity index (χ0v) is 14.5. The fraction of sp³-hybridized carbons (Fsp3) is 0.421. The summed E-state index contributed by atoms with van der Waals surface area (Å²) in [6.07, 6.45) is 2.99. The predicted molar refractivity (Wildman–Crippen MR) is 94.7 cm³/mol. The maximum atomic E-state index is 12.4. The van der Waals surface area contributed by atoms with Gasteiger partial charge < -0.3 is 14.4 Å². The van der Waals surface area contributed by atoms with E-state index in [9.17, 15) is 9.59 Å². The molecule has 0 atom stereocenters. The maximum absolute atomic E-state index is 12.4. The van der Waals surface area contributed by atoms with E-state index in [4.69, 9.17) is 9.47 Å². The van der Waals surface area contributed by atoms with Crippen LogP contribution < -0.4 is 4.90 Å². The molecule has 0 aliphatic carbocycles. The summed E-state index contributed by atoms with van der Waals surface area (Å²) in [5.74, 6) is -0.615. The average molecular weight is 342 g/mol. The molecule has 132 valence electrons. The number of fused-ring (bicyclic) bond motifs is 1. The van der Waals surface area contributed by atoms with Crippen molar-refractivity contribution >= 4 is 28.5 Å². The number of benzene rings is 1. The first-order chi connectivity index (χ1) is 12.2. The highest BCUT2D eigenvalue weighted by molar-refractivity contribution is 6.05. The summed E-state index contributed by atoms with van der Waals surface area (Å²) in [7, 11) is 1.42. The Labute approximate surface area is 146 Å². The minimum absolute atomic E-state index is 0.0830. The number of aromatic nitrogens is 1. The molecular weight excluding hydrogens is 320 g/mol. The summed E-state index contributed by atoms with van der Waals surface area (Å²) in [6, 6.07) is 7.75. The number of pyridine rings is 1. The van der Waals surface area contributed by atoms with E-state index in [1.54, 1.807) is 13.1 Å². The van der Waals surface area contributed by atoms with Crippen molar-refractivity contribution in [1.29, 1.82) is 0 Å². The number of carbonyl (C=O) groups is 2. The molecular formula is C19H22N2O4. The number of anilines is 1. The van der Waals surface area contributed by atoms with Crippen LogP contribution in [0.25, 0.3) is 10.9 Å². The number of methoxy groups -OCH3 is 1. The van der Waals surface area contributed by atoms with Crippen LogP contribution in [-0.4, -0.2) is 43.7 Å². The third-order valence-electron chi connectivity index (χ3n) is 4.59. The largest absolute Gasteiger partial charge is 0.469 e. The Morgan fingerprint density at radius 1 is 1.24 bits per heavy atom. The lowest BCUT2D eigenvalue weighted by Gasteiger charge is -2.34. The summed E-state index contributed by atoms with van der Waals surface area (Å²) in [6.45, 7) is 3.46. The molecule has 1 aromatic heterocycles. The van der Waals surface area contributed by atoms with Gasteiger partial charge >= 0.3 is 11.9 Å². The van der Waals surface area contributed by atoms with E-state index < -0.39 is 0 Å². The Hall–Kier alpha value is -2.63. The van der Waals surface area contributed by atoms with Gasteiger partial charge in [0.2, 0.25) is 0 Å². The molecule has 1 fully saturated rings. The van der Waals surface area contributed by atoms with Crippen LogP contribution in [0.1, 0.15) is 30.1 Å². The van der Waals surface area contributed by atoms with Crippen molar-refractivity contribution in [3.8, 4) is 0 Å². The van der Waals surface area contributed by atoms with E-state index in [0.29, 0.717) is 38.1 Å². The number of esters is 2. The van der Waals surface area contributed by atoms with Gasteiger partial charge in [-0.1, -0.05) is 18.2 Å². The van der Waals surface area contributed by atoms with E-state index in [1.807, 2.05) is 24.3 Å². The lowest BCUT2D eigenvalue weighted by molar-refractivity contribution is -0.146. The molecule has 0 bridgehead atoms. The second-order valence-electron chi connectivity index (χ2n) is 6.04. The Morgan fingerprint density at radius 3 is 2.64 bits per heavy atom. The lowest BCUT2D eigenvalue weighted by Crippen LogP contribution is -2.37. The van der Waals surface area contributed by atoms with E-state index in [0.717, 1.165) is 16.6 Å². The van der Waals surface area contributed by atoms with Gasteiger partial charge in [0.15, 0.2) is 0 Å². The Bertz CT molecular complexity index is 782. The molecule has 2 heterocycles. The molecule has 0 saturated carbocycles. The highest BCUT2D eigenvalue weighted by atomic mass is 16.5. The summed E-state index contributed by atoms with van der Waals surface area (Å²) >= 11 is 0. The van der Waals surface area contributed by atoms with Gasteiger partial charge in [0.05, 0.1) is 30.8 Å². The molecule has 1 saturated heterocycles. The van der Waals surface area contributed by atoms with Crippen molar-refractivity contribution in [3.63, 3.8) is 0 Å². The molecule has 0 radical (unpaired) electrons. The normalized spacial score (nSPS) is 15.2. The summed E-state index contributed by atoms with van der Waals surface area (Å²) in [4.78, 5) is 30.7. The van der Waals surface area contributed by atoms with Crippen LogP contribution in [0, 0.1) is 5.92 Å².